The van der Waals surface area contributed by atoms with Crippen molar-refractivity contribution in [1.29, 1.82) is 0 Å². The summed E-state index contributed by atoms with van der Waals surface area (Å²) >= 11 is 3.97. The molecule has 0 nitrogen and oxygen atoms in total. The van der Waals surface area contributed by atoms with Crippen molar-refractivity contribution < 1.29 is 0 Å². The summed E-state index contributed by atoms with van der Waals surface area (Å²) in [5, 5.41) is 3.47. The third-order valence-corrected chi connectivity index (χ3v) is 47.8. The van der Waals surface area contributed by atoms with E-state index in [4.69, 9.17) is 0 Å². The highest BCUT2D eigenvalue weighted by atomic mass is 32.2. The third-order valence-electron chi connectivity index (χ3n) is 6.67. The maximum Gasteiger partial charge on any atom is 0.0499 e. The van der Waals surface area contributed by atoms with Crippen LogP contribution in [0.5, 0.6) is 0 Å². The second-order valence-corrected chi connectivity index (χ2v) is 46.3. The number of benzene rings is 2. The van der Waals surface area contributed by atoms with Gasteiger partial charge in [0.25, 0.3) is 0 Å². The van der Waals surface area contributed by atoms with E-state index >= 15 is 0 Å². The van der Waals surface area contributed by atoms with Gasteiger partial charge in [-0.2, -0.15) is 0 Å². The molecule has 202 valence electrons. The van der Waals surface area contributed by atoms with Gasteiger partial charge in [-0.1, -0.05) is 115 Å². The number of rotatable bonds is 11. The van der Waals surface area contributed by atoms with E-state index in [0.717, 1.165) is 9.81 Å². The summed E-state index contributed by atoms with van der Waals surface area (Å²) in [6.45, 7) is 32.3. The second kappa shape index (κ2) is 12.6. The van der Waals surface area contributed by atoms with E-state index in [9.17, 15) is 0 Å². The Labute approximate surface area is 239 Å². The average Bonchev–Trinajstić information content (AvgIpc) is 2.72. The zero-order chi connectivity index (χ0) is 27.7. The summed E-state index contributed by atoms with van der Waals surface area (Å²) in [6.07, 6.45) is 4.61. The van der Waals surface area contributed by atoms with Crippen LogP contribution in [0.4, 0.5) is 0 Å². The Morgan fingerprint density at radius 2 is 0.722 bits per heavy atom. The van der Waals surface area contributed by atoms with Gasteiger partial charge in [0.15, 0.2) is 0 Å². The highest BCUT2D eigenvalue weighted by Gasteiger charge is 2.53. The van der Waals surface area contributed by atoms with E-state index < -0.39 is 32.3 Å². The topological polar surface area (TPSA) is 0 Å². The SMILES string of the molecule is CSc1ccccc1[P@](C([Si](C)(C)C)[Si](C)(C)C)[P@@](c1ccccc1SC)C([Si](C)(C)C)[Si](C)(C)C. The van der Waals surface area contributed by atoms with Gasteiger partial charge in [-0.15, -0.1) is 23.5 Å². The summed E-state index contributed by atoms with van der Waals surface area (Å²) < 4.78 is 0. The normalized spacial score (nSPS) is 15.4. The Morgan fingerprint density at radius 3 is 0.944 bits per heavy atom. The van der Waals surface area contributed by atoms with E-state index in [1.54, 1.807) is 20.4 Å². The van der Waals surface area contributed by atoms with Crippen LogP contribution in [-0.4, -0.2) is 54.6 Å². The monoisotopic (exact) mass is 626 g/mol. The summed E-state index contributed by atoms with van der Waals surface area (Å²) in [5.74, 6) is 0. The molecule has 0 N–H and O–H groups in total. The molecule has 8 heteroatoms. The van der Waals surface area contributed by atoms with Crippen LogP contribution in [0.25, 0.3) is 0 Å². The molecule has 0 bridgehead atoms. The lowest BCUT2D eigenvalue weighted by molar-refractivity contribution is 1.42. The van der Waals surface area contributed by atoms with E-state index in [1.165, 1.54) is 0 Å². The summed E-state index contributed by atoms with van der Waals surface area (Å²) in [4.78, 5) is 4.88. The molecule has 0 fully saturated rings. The largest absolute Gasteiger partial charge is 0.129 e. The Kier molecular flexibility index (Phi) is 11.6. The van der Waals surface area contributed by atoms with Crippen LogP contribution in [-0.2, 0) is 0 Å². The Hall–Kier alpha value is 0.868. The van der Waals surface area contributed by atoms with Gasteiger partial charge in [0.2, 0.25) is 0 Å². The molecule has 0 saturated heterocycles. The maximum atomic E-state index is 2.69. The first-order valence-corrected chi connectivity index (χ1v) is 33.5. The van der Waals surface area contributed by atoms with E-state index in [0.29, 0.717) is 0 Å². The van der Waals surface area contributed by atoms with Gasteiger partial charge >= 0.3 is 0 Å². The molecular formula is C28H52P2S2Si4. The zero-order valence-electron chi connectivity index (χ0n) is 25.5. The summed E-state index contributed by atoms with van der Waals surface area (Å²) in [7, 11) is -6.53. The Balaban J connectivity index is 3.15. The van der Waals surface area contributed by atoms with Crippen LogP contribution in [0.3, 0.4) is 0 Å². The molecule has 0 unspecified atom stereocenters. The molecule has 0 aromatic heterocycles. The lowest BCUT2D eigenvalue weighted by Gasteiger charge is -2.54. The van der Waals surface area contributed by atoms with Crippen LogP contribution in [0, 0.1) is 0 Å². The van der Waals surface area contributed by atoms with Gasteiger partial charge in [-0.3, -0.25) is 0 Å². The van der Waals surface area contributed by atoms with Crippen LogP contribution >= 0.6 is 38.7 Å². The molecule has 2 aromatic carbocycles. The van der Waals surface area contributed by atoms with Crippen molar-refractivity contribution in [3.05, 3.63) is 48.5 Å². The minimum atomic E-state index is -1.47. The first-order chi connectivity index (χ1) is 16.4. The molecule has 0 amide bonds. The van der Waals surface area contributed by atoms with Crippen molar-refractivity contribution in [3.63, 3.8) is 0 Å². The van der Waals surface area contributed by atoms with Crippen molar-refractivity contribution in [1.82, 2.24) is 0 Å². The van der Waals surface area contributed by atoms with Gasteiger partial charge in [0, 0.05) is 42.1 Å². The predicted octanol–water partition coefficient (Wildman–Crippen LogP) is 10.2. The van der Waals surface area contributed by atoms with Crippen LogP contribution in [0.15, 0.2) is 58.3 Å². The van der Waals surface area contributed by atoms with Crippen LogP contribution in [0.1, 0.15) is 0 Å². The van der Waals surface area contributed by atoms with Crippen molar-refractivity contribution in [2.24, 2.45) is 0 Å². The molecule has 0 aliphatic heterocycles. The van der Waals surface area contributed by atoms with Crippen molar-refractivity contribution >= 4 is 81.6 Å². The summed E-state index contributed by atoms with van der Waals surface area (Å²) in [5.41, 5.74) is 0. The van der Waals surface area contributed by atoms with Gasteiger partial charge in [-0.25, -0.2) is 0 Å². The molecule has 2 atom stereocenters. The average molecular weight is 627 g/mol. The van der Waals surface area contributed by atoms with Crippen molar-refractivity contribution in [2.75, 3.05) is 12.5 Å². The van der Waals surface area contributed by atoms with Crippen LogP contribution in [0.2, 0.25) is 78.6 Å². The first-order valence-electron chi connectivity index (χ1n) is 13.2. The molecule has 2 rings (SSSR count). The molecule has 0 aliphatic rings. The number of hydrogen-bond acceptors (Lipinski definition) is 2. The highest BCUT2D eigenvalue weighted by molar-refractivity contribution is 8.38. The minimum absolute atomic E-state index is 0.328. The predicted molar refractivity (Wildman–Crippen MR) is 191 cm³/mol. The first kappa shape index (κ1) is 33.1. The Bertz CT molecular complexity index is 895. The summed E-state index contributed by atoms with van der Waals surface area (Å²) in [6, 6.07) is 19.2. The van der Waals surface area contributed by atoms with Gasteiger partial charge < -0.3 is 0 Å². The number of thioether (sulfide) groups is 2. The Morgan fingerprint density at radius 1 is 0.472 bits per heavy atom. The third kappa shape index (κ3) is 7.96. The van der Waals surface area contributed by atoms with E-state index in [2.05, 4.69) is 140 Å². The maximum absolute atomic E-state index is 2.69. The second-order valence-electron chi connectivity index (χ2n) is 14.3. The van der Waals surface area contributed by atoms with Crippen molar-refractivity contribution in [3.8, 4) is 0 Å². The van der Waals surface area contributed by atoms with E-state index in [1.807, 2.05) is 23.5 Å². The molecule has 0 radical (unpaired) electrons. The van der Waals surface area contributed by atoms with Crippen LogP contribution < -0.4 is 10.6 Å². The molecule has 0 heterocycles. The molecule has 36 heavy (non-hydrogen) atoms. The fourth-order valence-corrected chi connectivity index (χ4v) is 66.7. The number of hydrogen-bond donors (Lipinski definition) is 0. The lowest BCUT2D eigenvalue weighted by atomic mass is 10.4. The molecule has 0 aliphatic carbocycles. The quantitative estimate of drug-likeness (QED) is 0.138. The van der Waals surface area contributed by atoms with Crippen molar-refractivity contribution in [2.45, 2.75) is 98.2 Å². The van der Waals surface area contributed by atoms with Gasteiger partial charge in [0.1, 0.15) is 0 Å². The fraction of sp³-hybridized carbons (Fsp3) is 0.571. The molecular weight excluding hydrogens is 575 g/mol. The lowest BCUT2D eigenvalue weighted by Crippen LogP contribution is -2.57. The minimum Gasteiger partial charge on any atom is -0.129 e. The van der Waals surface area contributed by atoms with Gasteiger partial charge in [-0.05, 0) is 60.3 Å². The molecule has 2 aromatic rings. The smallest absolute Gasteiger partial charge is 0.0499 e. The van der Waals surface area contributed by atoms with Gasteiger partial charge in [0.05, 0.1) is 0 Å². The highest BCUT2D eigenvalue weighted by Crippen LogP contribution is 2.77. The standard InChI is InChI=1S/C28H52P2S2Si4/c1-31-25-21-17-15-19-23(25)29(27(33(3,4)5)34(6,7)8)30(24-20-16-18-22-26(24)32-2)28(35(9,10)11)36(12,13)14/h15-22,27-28H,1-14H3/t29-,30+. The fourth-order valence-electron chi connectivity index (χ4n) is 6.46. The molecule has 0 spiro atoms. The molecule has 0 saturated carbocycles. The zero-order valence-corrected chi connectivity index (χ0v) is 32.9. The van der Waals surface area contributed by atoms with E-state index in [-0.39, 0.29) is 15.2 Å².